The molecule has 5 rings (SSSR count). The highest BCUT2D eigenvalue weighted by Crippen LogP contribution is 2.51. The normalized spacial score (nSPS) is 29.5. The van der Waals surface area contributed by atoms with Gasteiger partial charge in [0.1, 0.15) is 0 Å². The minimum atomic E-state index is 0.336. The summed E-state index contributed by atoms with van der Waals surface area (Å²) in [4.78, 5) is 5.45. The van der Waals surface area contributed by atoms with Gasteiger partial charge in [0.15, 0.2) is 0 Å². The Bertz CT molecular complexity index is 1060. The molecule has 0 bridgehead atoms. The van der Waals surface area contributed by atoms with E-state index < -0.39 is 0 Å². The van der Waals surface area contributed by atoms with Crippen molar-refractivity contribution < 1.29 is 0 Å². The second-order valence-electron chi connectivity index (χ2n) is 21.5. The lowest BCUT2D eigenvalue weighted by Gasteiger charge is -2.46. The van der Waals surface area contributed by atoms with Crippen LogP contribution in [0.25, 0.3) is 0 Å². The van der Waals surface area contributed by atoms with Crippen LogP contribution >= 0.6 is 0 Å². The van der Waals surface area contributed by atoms with Crippen molar-refractivity contribution in [2.45, 2.75) is 193 Å². The summed E-state index contributed by atoms with van der Waals surface area (Å²) >= 11 is 0. The molecule has 46 heavy (non-hydrogen) atoms. The first-order valence-corrected chi connectivity index (χ1v) is 19.4. The molecule has 2 aliphatic carbocycles. The maximum absolute atomic E-state index is 2.79. The van der Waals surface area contributed by atoms with Crippen LogP contribution in [0.4, 0.5) is 0 Å². The van der Waals surface area contributed by atoms with Crippen LogP contribution in [0.2, 0.25) is 0 Å². The molecule has 2 nitrogen and oxygen atoms in total. The van der Waals surface area contributed by atoms with Crippen molar-refractivity contribution in [3.8, 4) is 0 Å². The van der Waals surface area contributed by atoms with Crippen LogP contribution in [0.15, 0.2) is 24.3 Å². The van der Waals surface area contributed by atoms with Crippen LogP contribution in [0, 0.1) is 45.3 Å². The Hall–Kier alpha value is -0.860. The van der Waals surface area contributed by atoms with Crippen LogP contribution in [-0.2, 0) is 13.0 Å². The van der Waals surface area contributed by atoms with Gasteiger partial charge in [0.05, 0.1) is 0 Å². The third-order valence-electron chi connectivity index (χ3n) is 12.3. The lowest BCUT2D eigenvalue weighted by atomic mass is 9.66. The van der Waals surface area contributed by atoms with Crippen molar-refractivity contribution in [3.05, 3.63) is 35.4 Å². The van der Waals surface area contributed by atoms with Crippen LogP contribution in [-0.4, -0.2) is 40.0 Å². The zero-order valence-electron chi connectivity index (χ0n) is 34.1. The molecule has 0 spiro atoms. The van der Waals surface area contributed by atoms with Gasteiger partial charge in [-0.15, -0.1) is 0 Å². The summed E-state index contributed by atoms with van der Waals surface area (Å²) in [6, 6.07) is 11.0. The smallest absolute Gasteiger partial charge is 0.0242 e. The Balaban J connectivity index is 0.000000190. The fraction of sp³-hybridized carbons (Fsp3) is 0.864. The molecule has 4 aliphatic rings. The number of rotatable bonds is 1. The largest absolute Gasteiger partial charge is 0.294 e. The topological polar surface area (TPSA) is 6.48 Å². The van der Waals surface area contributed by atoms with Gasteiger partial charge in [-0.05, 0) is 123 Å². The zero-order chi connectivity index (χ0) is 35.0. The average molecular weight is 637 g/mol. The number of nitrogens with zero attached hydrogens (tertiary/aromatic N) is 2. The Labute approximate surface area is 289 Å². The first kappa shape index (κ1) is 39.6. The fourth-order valence-corrected chi connectivity index (χ4v) is 10.0. The minimum Gasteiger partial charge on any atom is -0.294 e. The predicted molar refractivity (Wildman–Crippen MR) is 204 cm³/mol. The molecule has 0 radical (unpaired) electrons. The summed E-state index contributed by atoms with van der Waals surface area (Å²) in [6.07, 6.45) is 9.96. The number of likely N-dealkylation sites (tertiary alicyclic amines) is 1. The molecule has 6 atom stereocenters. The minimum absolute atomic E-state index is 0.336. The molecule has 6 unspecified atom stereocenters. The van der Waals surface area contributed by atoms with Crippen LogP contribution < -0.4 is 0 Å². The second kappa shape index (κ2) is 14.5. The van der Waals surface area contributed by atoms with Crippen molar-refractivity contribution in [2.24, 2.45) is 45.3 Å². The maximum atomic E-state index is 2.79. The number of fused-ring (bicyclic) bond motifs is 2. The zero-order valence-corrected chi connectivity index (χ0v) is 34.1. The van der Waals surface area contributed by atoms with Gasteiger partial charge in [-0.1, -0.05) is 120 Å². The summed E-state index contributed by atoms with van der Waals surface area (Å²) in [5, 5.41) is 0. The summed E-state index contributed by atoms with van der Waals surface area (Å²) in [7, 11) is 0. The Morgan fingerprint density at radius 3 is 1.54 bits per heavy atom. The maximum Gasteiger partial charge on any atom is 0.0242 e. The average Bonchev–Trinajstić information content (AvgIpc) is 3.63. The van der Waals surface area contributed by atoms with Crippen molar-refractivity contribution in [2.75, 3.05) is 6.54 Å². The van der Waals surface area contributed by atoms with E-state index in [1.54, 1.807) is 5.56 Å². The van der Waals surface area contributed by atoms with Crippen molar-refractivity contribution in [3.63, 3.8) is 0 Å². The predicted octanol–water partition coefficient (Wildman–Crippen LogP) is 12.3. The molecule has 266 valence electrons. The molecule has 0 amide bonds. The lowest BCUT2D eigenvalue weighted by molar-refractivity contribution is 0.0377. The van der Waals surface area contributed by atoms with Gasteiger partial charge in [-0.25, -0.2) is 0 Å². The first-order chi connectivity index (χ1) is 20.8. The highest BCUT2D eigenvalue weighted by molar-refractivity contribution is 5.30. The van der Waals surface area contributed by atoms with Crippen LogP contribution in [0.5, 0.6) is 0 Å². The van der Waals surface area contributed by atoms with Gasteiger partial charge in [-0.2, -0.15) is 0 Å². The standard InChI is InChI=1S/C16H25N.C15H29N.C13H26/c1-12(2)17-11-14-9-7-6-8-13(14)10-15(17)16(3,4)5;1-14(2,3)13-12-9-7-8-11(12)10-16(13)15(4,5)6;1-12(2,3)10-8-7-9-11(10)13(4,5)6/h6-9,12,15H,10-11H2,1-5H3;11-13H,7-10H2,1-6H3;10-11H,7-9H2,1-6H3. The monoisotopic (exact) mass is 637 g/mol. The first-order valence-electron chi connectivity index (χ1n) is 19.4. The Morgan fingerprint density at radius 2 is 1.11 bits per heavy atom. The molecular weight excluding hydrogens is 556 g/mol. The number of hydrogen-bond acceptors (Lipinski definition) is 2. The molecule has 2 saturated carbocycles. The van der Waals surface area contributed by atoms with E-state index >= 15 is 0 Å². The molecule has 2 heterocycles. The van der Waals surface area contributed by atoms with Gasteiger partial charge in [0.2, 0.25) is 0 Å². The van der Waals surface area contributed by atoms with Crippen LogP contribution in [0.1, 0.15) is 167 Å². The Morgan fingerprint density at radius 1 is 0.609 bits per heavy atom. The highest BCUT2D eigenvalue weighted by Gasteiger charge is 2.51. The second-order valence-corrected chi connectivity index (χ2v) is 21.5. The van der Waals surface area contributed by atoms with Gasteiger partial charge >= 0.3 is 0 Å². The lowest BCUT2D eigenvalue weighted by Crippen LogP contribution is -2.51. The summed E-state index contributed by atoms with van der Waals surface area (Å²) < 4.78 is 0. The fourth-order valence-electron chi connectivity index (χ4n) is 10.0. The SMILES string of the molecule is CC(C)(C)C1C2CCCC2CN1C(C)(C)C.CC(C)(C)C1CCCC1C(C)(C)C.CC(C)N1Cc2ccccc2CC1C(C)(C)C. The highest BCUT2D eigenvalue weighted by atomic mass is 15.3. The van der Waals surface area contributed by atoms with E-state index in [9.17, 15) is 0 Å². The molecule has 0 aromatic heterocycles. The number of benzene rings is 1. The Kier molecular flexibility index (Phi) is 12.5. The van der Waals surface area contributed by atoms with Crippen molar-refractivity contribution in [1.82, 2.24) is 9.80 Å². The van der Waals surface area contributed by atoms with Gasteiger partial charge in [0, 0.05) is 36.8 Å². The van der Waals surface area contributed by atoms with E-state index in [2.05, 4.69) is 152 Å². The molecule has 2 aliphatic heterocycles. The molecule has 0 N–H and O–H groups in total. The van der Waals surface area contributed by atoms with Gasteiger partial charge in [-0.3, -0.25) is 9.80 Å². The van der Waals surface area contributed by atoms with E-state index in [4.69, 9.17) is 0 Å². The summed E-state index contributed by atoms with van der Waals surface area (Å²) in [6.45, 7) is 43.0. The van der Waals surface area contributed by atoms with Crippen LogP contribution in [0.3, 0.4) is 0 Å². The van der Waals surface area contributed by atoms with E-state index in [-0.39, 0.29) is 0 Å². The van der Waals surface area contributed by atoms with Gasteiger partial charge < -0.3 is 0 Å². The summed E-state index contributed by atoms with van der Waals surface area (Å²) in [5.41, 5.74) is 5.19. The summed E-state index contributed by atoms with van der Waals surface area (Å²) in [5.74, 6) is 3.84. The number of hydrogen-bond donors (Lipinski definition) is 0. The third kappa shape index (κ3) is 9.86. The molecule has 1 aromatic rings. The van der Waals surface area contributed by atoms with E-state index in [1.807, 2.05) is 0 Å². The molecule has 3 fully saturated rings. The van der Waals surface area contributed by atoms with E-state index in [0.717, 1.165) is 36.3 Å². The van der Waals surface area contributed by atoms with Crippen molar-refractivity contribution >= 4 is 0 Å². The van der Waals surface area contributed by atoms with E-state index in [1.165, 1.54) is 57.1 Å². The molecular formula is C44H80N2. The van der Waals surface area contributed by atoms with Crippen molar-refractivity contribution in [1.29, 1.82) is 0 Å². The van der Waals surface area contributed by atoms with E-state index in [0.29, 0.717) is 39.3 Å². The molecule has 1 saturated heterocycles. The third-order valence-corrected chi connectivity index (χ3v) is 12.3. The van der Waals surface area contributed by atoms with Gasteiger partial charge in [0.25, 0.3) is 0 Å². The molecule has 1 aromatic carbocycles. The molecule has 2 heteroatoms. The quantitative estimate of drug-likeness (QED) is 0.303.